The molecule has 0 aliphatic heterocycles. The lowest BCUT2D eigenvalue weighted by atomic mass is 11.5. The monoisotopic (exact) mass is 138 g/mol. The van der Waals surface area contributed by atoms with E-state index in [0.717, 1.165) is 0 Å². The maximum absolute atomic E-state index is 8.95. The van der Waals surface area contributed by atoms with Gasteiger partial charge in [0.15, 0.2) is 0 Å². The van der Waals surface area contributed by atoms with E-state index in [1.165, 1.54) is 0 Å². The van der Waals surface area contributed by atoms with Gasteiger partial charge in [0.1, 0.15) is 0 Å². The number of ether oxygens (including phenoxy) is 1. The lowest BCUT2D eigenvalue weighted by molar-refractivity contribution is -0.141. The van der Waals surface area contributed by atoms with Gasteiger partial charge in [-0.1, -0.05) is 29.7 Å². The molecule has 0 radical (unpaired) electrons. The van der Waals surface area contributed by atoms with E-state index < -0.39 is 0 Å². The SMILES string of the molecule is C.C.C.C.O=COC=O. The second kappa shape index (κ2) is 58.8. The van der Waals surface area contributed by atoms with Gasteiger partial charge in [0, 0.05) is 0 Å². The summed E-state index contributed by atoms with van der Waals surface area (Å²) in [6.07, 6.45) is 0. The number of hydrogen-bond donors (Lipinski definition) is 0. The number of carbonyl (C=O) groups excluding carboxylic acids is 2. The van der Waals surface area contributed by atoms with Gasteiger partial charge in [-0.2, -0.15) is 0 Å². The van der Waals surface area contributed by atoms with Gasteiger partial charge in [0.2, 0.25) is 0 Å². The molecule has 0 saturated carbocycles. The van der Waals surface area contributed by atoms with Crippen molar-refractivity contribution in [1.29, 1.82) is 0 Å². The molecule has 0 N–H and O–H groups in total. The highest BCUT2D eigenvalue weighted by atomic mass is 16.6. The van der Waals surface area contributed by atoms with Crippen LogP contribution in [0.2, 0.25) is 0 Å². The van der Waals surface area contributed by atoms with E-state index in [4.69, 9.17) is 9.59 Å². The van der Waals surface area contributed by atoms with E-state index in [0.29, 0.717) is 0 Å². The highest BCUT2D eigenvalue weighted by Gasteiger charge is 1.58. The van der Waals surface area contributed by atoms with Crippen molar-refractivity contribution in [3.8, 4) is 0 Å². The Morgan fingerprint density at radius 3 is 1.00 bits per heavy atom. The van der Waals surface area contributed by atoms with E-state index in [-0.39, 0.29) is 42.7 Å². The van der Waals surface area contributed by atoms with Crippen LogP contribution in [0.1, 0.15) is 29.7 Å². The van der Waals surface area contributed by atoms with Crippen LogP contribution in [0.5, 0.6) is 0 Å². The summed E-state index contributed by atoms with van der Waals surface area (Å²) in [5.41, 5.74) is 0. The molecule has 0 aromatic heterocycles. The van der Waals surface area contributed by atoms with Crippen LogP contribution >= 0.6 is 0 Å². The Balaban J connectivity index is -0.0000000133. The Morgan fingerprint density at radius 2 is 1.00 bits per heavy atom. The Bertz CT molecular complexity index is 37.6. The van der Waals surface area contributed by atoms with Crippen molar-refractivity contribution in [3.63, 3.8) is 0 Å². The van der Waals surface area contributed by atoms with Gasteiger partial charge < -0.3 is 4.74 Å². The lowest BCUT2D eigenvalue weighted by Crippen LogP contribution is -1.77. The highest BCUT2D eigenvalue weighted by molar-refractivity contribution is 5.55. The van der Waals surface area contributed by atoms with E-state index >= 15 is 0 Å². The summed E-state index contributed by atoms with van der Waals surface area (Å²) in [5.74, 6) is 0. The van der Waals surface area contributed by atoms with E-state index in [1.54, 1.807) is 0 Å². The van der Waals surface area contributed by atoms with Crippen molar-refractivity contribution in [2.24, 2.45) is 0 Å². The second-order valence-electron chi connectivity index (χ2n) is 0.329. The summed E-state index contributed by atoms with van der Waals surface area (Å²) in [7, 11) is 0. The molecule has 0 bridgehead atoms. The summed E-state index contributed by atoms with van der Waals surface area (Å²) < 4.78 is 3.47. The minimum absolute atomic E-state index is 0. The fourth-order valence-electron chi connectivity index (χ4n) is 0.0227. The van der Waals surface area contributed by atoms with Crippen LogP contribution in [-0.4, -0.2) is 12.9 Å². The van der Waals surface area contributed by atoms with Crippen molar-refractivity contribution in [2.75, 3.05) is 0 Å². The molecule has 60 valence electrons. The van der Waals surface area contributed by atoms with Crippen molar-refractivity contribution >= 4 is 12.9 Å². The van der Waals surface area contributed by atoms with Gasteiger partial charge in [0.25, 0.3) is 0 Å². The summed E-state index contributed by atoms with van der Waals surface area (Å²) >= 11 is 0. The predicted octanol–water partition coefficient (Wildman–Crippen LogP) is 1.86. The normalized spacial score (nSPS) is 3.11. The Kier molecular flexibility index (Phi) is 275. The average Bonchev–Trinajstić information content (AvgIpc) is 1.41. The fourth-order valence-corrected chi connectivity index (χ4v) is 0.0227. The van der Waals surface area contributed by atoms with Crippen molar-refractivity contribution in [1.82, 2.24) is 0 Å². The van der Waals surface area contributed by atoms with Gasteiger partial charge in [-0.3, -0.25) is 9.59 Å². The van der Waals surface area contributed by atoms with Gasteiger partial charge in [-0.15, -0.1) is 0 Å². The molecular formula is C6H18O3. The van der Waals surface area contributed by atoms with Crippen LogP contribution in [0.25, 0.3) is 0 Å². The molecule has 0 fully saturated rings. The Hall–Kier alpha value is -0.860. The van der Waals surface area contributed by atoms with Crippen LogP contribution < -0.4 is 0 Å². The molecule has 0 spiro atoms. The van der Waals surface area contributed by atoms with Crippen LogP contribution in [0.15, 0.2) is 0 Å². The van der Waals surface area contributed by atoms with Crippen LogP contribution in [0, 0.1) is 0 Å². The average molecular weight is 138 g/mol. The lowest BCUT2D eigenvalue weighted by Gasteiger charge is -1.65. The van der Waals surface area contributed by atoms with Crippen LogP contribution in [0.3, 0.4) is 0 Å². The molecule has 0 aromatic rings. The van der Waals surface area contributed by atoms with E-state index in [2.05, 4.69) is 4.74 Å². The molecule has 0 aromatic carbocycles. The van der Waals surface area contributed by atoms with E-state index in [1.807, 2.05) is 0 Å². The summed E-state index contributed by atoms with van der Waals surface area (Å²) in [4.78, 5) is 17.9. The van der Waals surface area contributed by atoms with Crippen molar-refractivity contribution in [2.45, 2.75) is 29.7 Å². The highest BCUT2D eigenvalue weighted by Crippen LogP contribution is 1.40. The maximum atomic E-state index is 8.95. The zero-order chi connectivity index (χ0) is 4.12. The Morgan fingerprint density at radius 1 is 0.778 bits per heavy atom. The molecule has 0 heterocycles. The molecule has 0 aliphatic carbocycles. The zero-order valence-corrected chi connectivity index (χ0v) is 2.38. The minimum atomic E-state index is 0. The molecule has 9 heavy (non-hydrogen) atoms. The first-order valence-electron chi connectivity index (χ1n) is 0.943. The minimum Gasteiger partial charge on any atom is -0.398 e. The molecule has 0 unspecified atom stereocenters. The molecule has 0 amide bonds. The first-order chi connectivity index (χ1) is 2.41. The fraction of sp³-hybridized carbons (Fsp3) is 0.667. The summed E-state index contributed by atoms with van der Waals surface area (Å²) in [6.45, 7) is 0.125. The third-order valence-corrected chi connectivity index (χ3v) is 0.111. The second-order valence-corrected chi connectivity index (χ2v) is 0.329. The quantitative estimate of drug-likeness (QED) is 0.432. The van der Waals surface area contributed by atoms with Crippen LogP contribution in [-0.2, 0) is 14.3 Å². The molecule has 0 aliphatic rings. The predicted molar refractivity (Wildman–Crippen MR) is 40.1 cm³/mol. The third-order valence-electron chi connectivity index (χ3n) is 0.111. The first-order valence-corrected chi connectivity index (χ1v) is 0.943. The van der Waals surface area contributed by atoms with Gasteiger partial charge in [-0.05, 0) is 0 Å². The molecule has 0 saturated heterocycles. The number of rotatable bonds is 2. The summed E-state index contributed by atoms with van der Waals surface area (Å²) in [6, 6.07) is 0. The van der Waals surface area contributed by atoms with Crippen molar-refractivity contribution in [3.05, 3.63) is 0 Å². The van der Waals surface area contributed by atoms with Gasteiger partial charge in [0.05, 0.1) is 0 Å². The third kappa shape index (κ3) is 145. The smallest absolute Gasteiger partial charge is 0.300 e. The maximum Gasteiger partial charge on any atom is 0.300 e. The number of hydrogen-bond acceptors (Lipinski definition) is 3. The van der Waals surface area contributed by atoms with Gasteiger partial charge in [-0.25, -0.2) is 0 Å². The van der Waals surface area contributed by atoms with E-state index in [9.17, 15) is 0 Å². The molecule has 3 heteroatoms. The zero-order valence-electron chi connectivity index (χ0n) is 2.38. The largest absolute Gasteiger partial charge is 0.398 e. The molecule has 3 nitrogen and oxygen atoms in total. The Labute approximate surface area is 58.0 Å². The molecular weight excluding hydrogens is 120 g/mol. The standard InChI is InChI=1S/C2H2O3.4CH4/c3-1-5-2-4;;;;/h1-2H;4*1H4. The number of carbonyl (C=O) groups is 2. The summed E-state index contributed by atoms with van der Waals surface area (Å²) in [5, 5.41) is 0. The molecule has 0 atom stereocenters. The van der Waals surface area contributed by atoms with Crippen molar-refractivity contribution < 1.29 is 14.3 Å². The van der Waals surface area contributed by atoms with Crippen LogP contribution in [0.4, 0.5) is 0 Å². The molecule has 0 rings (SSSR count). The van der Waals surface area contributed by atoms with Gasteiger partial charge >= 0.3 is 12.9 Å². The first kappa shape index (κ1) is 42.1. The topological polar surface area (TPSA) is 43.4 Å².